The number of Topliss-reactive ketones (excluding diaryl/α,β-unsaturated/α-hetero) is 1. The standard InChI is InChI=1S/C15H18O2S/c1-11-9-15(13(3)16,18(17)10-12(11)2)14-7-5-4-6-8-14/h4-8H,9-10H2,1-3H3/t15-,18+/m1/s1. The summed E-state index contributed by atoms with van der Waals surface area (Å²) in [5.41, 5.74) is 3.22. The number of hydrogen-bond donors (Lipinski definition) is 0. The van der Waals surface area contributed by atoms with Gasteiger partial charge in [0.05, 0.1) is 0 Å². The van der Waals surface area contributed by atoms with Crippen molar-refractivity contribution in [2.45, 2.75) is 31.9 Å². The van der Waals surface area contributed by atoms with Crippen LogP contribution in [-0.2, 0) is 20.3 Å². The normalized spacial score (nSPS) is 28.3. The molecule has 0 saturated heterocycles. The second kappa shape index (κ2) is 4.81. The van der Waals surface area contributed by atoms with E-state index < -0.39 is 15.5 Å². The largest absolute Gasteiger partial charge is 0.298 e. The van der Waals surface area contributed by atoms with Gasteiger partial charge in [0.25, 0.3) is 0 Å². The molecule has 0 N–H and O–H groups in total. The predicted molar refractivity (Wildman–Crippen MR) is 74.8 cm³/mol. The highest BCUT2D eigenvalue weighted by molar-refractivity contribution is 7.87. The maximum Gasteiger partial charge on any atom is 0.153 e. The molecule has 0 radical (unpaired) electrons. The van der Waals surface area contributed by atoms with Crippen molar-refractivity contribution in [1.29, 1.82) is 0 Å². The number of ketones is 1. The Morgan fingerprint density at radius 1 is 1.17 bits per heavy atom. The lowest BCUT2D eigenvalue weighted by Crippen LogP contribution is -2.43. The van der Waals surface area contributed by atoms with E-state index >= 15 is 0 Å². The second-order valence-corrected chi connectivity index (χ2v) is 6.65. The second-order valence-electron chi connectivity index (χ2n) is 4.98. The molecule has 96 valence electrons. The van der Waals surface area contributed by atoms with Crippen LogP contribution in [0.3, 0.4) is 0 Å². The SMILES string of the molecule is CC(=O)[C@@]1(c2ccccc2)CC(C)=C(C)C[S@@]1=O. The Balaban J connectivity index is 2.60. The quantitative estimate of drug-likeness (QED) is 0.768. The van der Waals surface area contributed by atoms with Crippen molar-refractivity contribution in [1.82, 2.24) is 0 Å². The molecule has 0 aromatic heterocycles. The van der Waals surface area contributed by atoms with Crippen molar-refractivity contribution in [2.24, 2.45) is 0 Å². The summed E-state index contributed by atoms with van der Waals surface area (Å²) < 4.78 is 11.7. The molecule has 2 rings (SSSR count). The summed E-state index contributed by atoms with van der Waals surface area (Å²) in [6, 6.07) is 9.53. The number of rotatable bonds is 2. The zero-order valence-electron chi connectivity index (χ0n) is 11.0. The molecular weight excluding hydrogens is 244 g/mol. The van der Waals surface area contributed by atoms with Crippen molar-refractivity contribution in [3.05, 3.63) is 47.0 Å². The van der Waals surface area contributed by atoms with E-state index in [1.807, 2.05) is 44.2 Å². The number of benzene rings is 1. The molecule has 1 aromatic rings. The van der Waals surface area contributed by atoms with Gasteiger partial charge in [-0.05, 0) is 32.8 Å². The topological polar surface area (TPSA) is 34.1 Å². The molecule has 0 amide bonds. The summed E-state index contributed by atoms with van der Waals surface area (Å²) in [5.74, 6) is 0.499. The van der Waals surface area contributed by atoms with Gasteiger partial charge in [0.2, 0.25) is 0 Å². The lowest BCUT2D eigenvalue weighted by molar-refractivity contribution is -0.119. The zero-order chi connectivity index (χ0) is 13.3. The van der Waals surface area contributed by atoms with E-state index in [-0.39, 0.29) is 5.78 Å². The first-order valence-corrected chi connectivity index (χ1v) is 7.40. The van der Waals surface area contributed by atoms with Crippen LogP contribution < -0.4 is 0 Å². The average Bonchev–Trinajstić information content (AvgIpc) is 2.34. The zero-order valence-corrected chi connectivity index (χ0v) is 11.8. The Hall–Kier alpha value is -1.22. The minimum Gasteiger partial charge on any atom is -0.298 e. The summed E-state index contributed by atoms with van der Waals surface area (Å²) in [6.07, 6.45) is 0.574. The monoisotopic (exact) mass is 262 g/mol. The van der Waals surface area contributed by atoms with Crippen LogP contribution in [0.1, 0.15) is 32.8 Å². The Kier molecular flexibility index (Phi) is 3.53. The molecule has 1 aliphatic heterocycles. The molecule has 1 aromatic carbocycles. The minimum atomic E-state index is -1.18. The number of hydrogen-bond acceptors (Lipinski definition) is 2. The third kappa shape index (κ3) is 1.97. The Labute approximate surface area is 111 Å². The highest BCUT2D eigenvalue weighted by atomic mass is 32.2. The maximum absolute atomic E-state index is 12.6. The summed E-state index contributed by atoms with van der Waals surface area (Å²) in [6.45, 7) is 5.59. The first kappa shape index (κ1) is 13.2. The Bertz CT molecular complexity index is 531. The van der Waals surface area contributed by atoms with E-state index in [9.17, 15) is 9.00 Å². The van der Waals surface area contributed by atoms with Crippen LogP contribution in [0.15, 0.2) is 41.5 Å². The van der Waals surface area contributed by atoms with E-state index in [1.54, 1.807) is 6.92 Å². The summed E-state index contributed by atoms with van der Waals surface area (Å²) in [7, 11) is -1.18. The van der Waals surface area contributed by atoms with Gasteiger partial charge in [-0.25, -0.2) is 0 Å². The fourth-order valence-corrected chi connectivity index (χ4v) is 4.46. The third-order valence-corrected chi connectivity index (χ3v) is 5.93. The van der Waals surface area contributed by atoms with Crippen molar-refractivity contribution in [3.8, 4) is 0 Å². The Morgan fingerprint density at radius 3 is 2.33 bits per heavy atom. The van der Waals surface area contributed by atoms with Gasteiger partial charge in [-0.2, -0.15) is 0 Å². The molecular formula is C15H18O2S. The molecule has 0 spiro atoms. The van der Waals surface area contributed by atoms with Gasteiger partial charge in [-0.15, -0.1) is 0 Å². The van der Waals surface area contributed by atoms with Crippen molar-refractivity contribution >= 4 is 16.6 Å². The highest BCUT2D eigenvalue weighted by Crippen LogP contribution is 2.40. The molecule has 1 aliphatic rings. The number of carbonyl (C=O) groups is 1. The molecule has 18 heavy (non-hydrogen) atoms. The van der Waals surface area contributed by atoms with Crippen LogP contribution in [0.4, 0.5) is 0 Å². The highest BCUT2D eigenvalue weighted by Gasteiger charge is 2.45. The lowest BCUT2D eigenvalue weighted by Gasteiger charge is -2.35. The first-order chi connectivity index (χ1) is 8.48. The summed E-state index contributed by atoms with van der Waals surface area (Å²) in [5, 5.41) is 0. The molecule has 0 unspecified atom stereocenters. The van der Waals surface area contributed by atoms with Crippen LogP contribution in [0.25, 0.3) is 0 Å². The van der Waals surface area contributed by atoms with E-state index in [4.69, 9.17) is 0 Å². The van der Waals surface area contributed by atoms with Gasteiger partial charge >= 0.3 is 0 Å². The molecule has 1 heterocycles. The van der Waals surface area contributed by atoms with Gasteiger partial charge in [0, 0.05) is 16.6 Å². The van der Waals surface area contributed by atoms with Crippen LogP contribution in [-0.4, -0.2) is 15.7 Å². The minimum absolute atomic E-state index is 0.00103. The van der Waals surface area contributed by atoms with E-state index in [1.165, 1.54) is 5.57 Å². The van der Waals surface area contributed by atoms with E-state index in [0.29, 0.717) is 12.2 Å². The first-order valence-electron chi connectivity index (χ1n) is 6.08. The molecule has 2 nitrogen and oxygen atoms in total. The van der Waals surface area contributed by atoms with Crippen molar-refractivity contribution < 1.29 is 9.00 Å². The molecule has 0 bridgehead atoms. The third-order valence-electron chi connectivity index (χ3n) is 3.79. The van der Waals surface area contributed by atoms with Crippen LogP contribution >= 0.6 is 0 Å². The van der Waals surface area contributed by atoms with Gasteiger partial charge in [-0.1, -0.05) is 41.5 Å². The van der Waals surface area contributed by atoms with Crippen molar-refractivity contribution in [2.75, 3.05) is 5.75 Å². The van der Waals surface area contributed by atoms with Crippen molar-refractivity contribution in [3.63, 3.8) is 0 Å². The molecule has 0 saturated carbocycles. The van der Waals surface area contributed by atoms with E-state index in [0.717, 1.165) is 11.1 Å². The van der Waals surface area contributed by atoms with E-state index in [2.05, 4.69) is 0 Å². The van der Waals surface area contributed by atoms with Crippen LogP contribution in [0.2, 0.25) is 0 Å². The predicted octanol–water partition coefficient (Wildman–Crippen LogP) is 2.96. The Morgan fingerprint density at radius 2 is 1.78 bits per heavy atom. The van der Waals surface area contributed by atoms with Gasteiger partial charge in [-0.3, -0.25) is 9.00 Å². The summed E-state index contributed by atoms with van der Waals surface area (Å²) in [4.78, 5) is 12.2. The van der Waals surface area contributed by atoms with Gasteiger partial charge in [0.1, 0.15) is 4.75 Å². The fraction of sp³-hybridized carbons (Fsp3) is 0.400. The smallest absolute Gasteiger partial charge is 0.153 e. The fourth-order valence-electron chi connectivity index (χ4n) is 2.48. The summed E-state index contributed by atoms with van der Waals surface area (Å²) >= 11 is 0. The molecule has 2 atom stereocenters. The molecule has 0 aliphatic carbocycles. The lowest BCUT2D eigenvalue weighted by atomic mass is 9.86. The molecule has 3 heteroatoms. The van der Waals surface area contributed by atoms with Crippen LogP contribution in [0.5, 0.6) is 0 Å². The average molecular weight is 262 g/mol. The van der Waals surface area contributed by atoms with Gasteiger partial charge in [0.15, 0.2) is 5.78 Å². The number of carbonyl (C=O) groups excluding carboxylic acids is 1. The molecule has 0 fully saturated rings. The van der Waals surface area contributed by atoms with Gasteiger partial charge < -0.3 is 0 Å². The van der Waals surface area contributed by atoms with Crippen LogP contribution in [0, 0.1) is 0 Å². The maximum atomic E-state index is 12.6. The number of allylic oxidation sites excluding steroid dienone is 1.